The summed E-state index contributed by atoms with van der Waals surface area (Å²) in [6.07, 6.45) is 0.380. The number of aromatic hydroxyl groups is 1. The Morgan fingerprint density at radius 1 is 1.44 bits per heavy atom. The van der Waals surface area contributed by atoms with E-state index in [9.17, 15) is 9.90 Å². The lowest BCUT2D eigenvalue weighted by Crippen LogP contribution is -2.16. The van der Waals surface area contributed by atoms with E-state index in [0.717, 1.165) is 0 Å². The summed E-state index contributed by atoms with van der Waals surface area (Å²) < 4.78 is 4.73. The first-order valence-corrected chi connectivity index (χ1v) is 4.47. The molecule has 0 fully saturated rings. The van der Waals surface area contributed by atoms with Gasteiger partial charge in [0.05, 0.1) is 6.20 Å². The van der Waals surface area contributed by atoms with Gasteiger partial charge in [0.1, 0.15) is 11.4 Å². The lowest BCUT2D eigenvalue weighted by atomic mass is 10.1. The normalized spacial score (nSPS) is 10.0. The molecule has 1 aromatic heterocycles. The van der Waals surface area contributed by atoms with Crippen molar-refractivity contribution in [2.45, 2.75) is 0 Å². The van der Waals surface area contributed by atoms with Crippen molar-refractivity contribution in [2.75, 3.05) is 0 Å². The van der Waals surface area contributed by atoms with Gasteiger partial charge in [0.25, 0.3) is 0 Å². The van der Waals surface area contributed by atoms with E-state index in [0.29, 0.717) is 11.3 Å². The van der Waals surface area contributed by atoms with Crippen LogP contribution in [0.3, 0.4) is 0 Å². The molecule has 0 atom stereocenters. The van der Waals surface area contributed by atoms with Gasteiger partial charge in [-0.1, -0.05) is 12.1 Å². The number of para-hydroxylation sites is 1. The fourth-order valence-corrected chi connectivity index (χ4v) is 1.34. The molecule has 0 aliphatic heterocycles. The summed E-state index contributed by atoms with van der Waals surface area (Å²) in [6.45, 7) is 0. The van der Waals surface area contributed by atoms with Crippen LogP contribution in [0, 0.1) is 0 Å². The number of nitrogens with two attached hydrogens (primary N) is 1. The van der Waals surface area contributed by atoms with E-state index in [1.54, 1.807) is 18.2 Å². The summed E-state index contributed by atoms with van der Waals surface area (Å²) in [4.78, 5) is 10.6. The molecule has 0 aliphatic rings. The number of benzene rings is 1. The maximum Gasteiger partial charge on any atom is 0.410 e. The number of phenols is 1. The van der Waals surface area contributed by atoms with E-state index >= 15 is 0 Å². The number of nitrogens with zero attached hydrogens (tertiary/aromatic N) is 1. The molecule has 0 saturated heterocycles. The minimum atomic E-state index is -0.932. The zero-order chi connectivity index (χ0) is 11.5. The molecule has 1 heterocycles. The van der Waals surface area contributed by atoms with Crippen molar-refractivity contribution in [3.05, 3.63) is 30.5 Å². The van der Waals surface area contributed by atoms with E-state index in [1.165, 1.54) is 12.3 Å². The topological polar surface area (TPSA) is 101 Å². The number of carbonyl (C=O) groups excluding carboxylic acids is 1. The first-order valence-electron chi connectivity index (χ1n) is 4.47. The minimum absolute atomic E-state index is 0.0565. The molecule has 1 amide bonds. The summed E-state index contributed by atoms with van der Waals surface area (Å²) in [5.41, 5.74) is 5.79. The number of aromatic nitrogens is 2. The van der Waals surface area contributed by atoms with Crippen molar-refractivity contribution in [2.24, 2.45) is 5.73 Å². The fourth-order valence-electron chi connectivity index (χ4n) is 1.34. The second-order valence-electron chi connectivity index (χ2n) is 3.05. The molecule has 2 aromatic rings. The maximum atomic E-state index is 10.6. The molecule has 82 valence electrons. The number of hydrogen-bond donors (Lipinski definition) is 3. The Labute approximate surface area is 90.7 Å². The molecule has 0 aliphatic carbocycles. The summed E-state index contributed by atoms with van der Waals surface area (Å²) in [5.74, 6) is 0.232. The Morgan fingerprint density at radius 2 is 2.19 bits per heavy atom. The van der Waals surface area contributed by atoms with Crippen LogP contribution < -0.4 is 10.5 Å². The van der Waals surface area contributed by atoms with Crippen molar-refractivity contribution < 1.29 is 14.6 Å². The number of nitrogens with one attached hydrogen (secondary N) is 1. The van der Waals surface area contributed by atoms with Crippen LogP contribution >= 0.6 is 0 Å². The Hall–Kier alpha value is -2.50. The maximum absolute atomic E-state index is 10.6. The van der Waals surface area contributed by atoms with Crippen LogP contribution in [-0.2, 0) is 0 Å². The first-order chi connectivity index (χ1) is 7.68. The largest absolute Gasteiger partial charge is 0.507 e. The summed E-state index contributed by atoms with van der Waals surface area (Å²) in [6, 6.07) is 6.61. The molecule has 6 heteroatoms. The molecule has 0 saturated carbocycles. The number of rotatable bonds is 2. The molecule has 0 bridgehead atoms. The van der Waals surface area contributed by atoms with Crippen LogP contribution in [0.15, 0.2) is 30.5 Å². The number of carbonyl (C=O) groups is 1. The lowest BCUT2D eigenvalue weighted by Gasteiger charge is -2.04. The predicted octanol–water partition coefficient (Wildman–Crippen LogP) is 1.24. The number of amides is 1. The third kappa shape index (κ3) is 1.81. The molecule has 0 radical (unpaired) electrons. The van der Waals surface area contributed by atoms with Crippen molar-refractivity contribution >= 4 is 6.09 Å². The van der Waals surface area contributed by atoms with Crippen LogP contribution in [0.5, 0.6) is 11.5 Å². The average molecular weight is 219 g/mol. The quantitative estimate of drug-likeness (QED) is 0.707. The van der Waals surface area contributed by atoms with Gasteiger partial charge in [-0.15, -0.1) is 0 Å². The van der Waals surface area contributed by atoms with E-state index in [-0.39, 0.29) is 11.5 Å². The molecular weight excluding hydrogens is 210 g/mol. The van der Waals surface area contributed by atoms with Crippen LogP contribution in [-0.4, -0.2) is 21.4 Å². The Morgan fingerprint density at radius 3 is 2.88 bits per heavy atom. The van der Waals surface area contributed by atoms with E-state index in [1.807, 2.05) is 0 Å². The summed E-state index contributed by atoms with van der Waals surface area (Å²) in [5, 5.41) is 16.0. The number of primary amides is 1. The van der Waals surface area contributed by atoms with E-state index in [4.69, 9.17) is 10.5 Å². The van der Waals surface area contributed by atoms with Crippen molar-refractivity contribution in [1.82, 2.24) is 10.2 Å². The highest BCUT2D eigenvalue weighted by Crippen LogP contribution is 2.33. The highest BCUT2D eigenvalue weighted by molar-refractivity contribution is 5.76. The minimum Gasteiger partial charge on any atom is -0.507 e. The van der Waals surface area contributed by atoms with Crippen LogP contribution in [0.1, 0.15) is 0 Å². The third-order valence-electron chi connectivity index (χ3n) is 1.99. The lowest BCUT2D eigenvalue weighted by molar-refractivity contribution is 0.211. The van der Waals surface area contributed by atoms with E-state index in [2.05, 4.69) is 10.2 Å². The standard InChI is InChI=1S/C10H9N3O3/c11-10(15)16-8-5-12-13-9(8)6-3-1-2-4-7(6)14/h1-5,14H,(H2,11,15)(H,12,13). The van der Waals surface area contributed by atoms with Crippen LogP contribution in [0.2, 0.25) is 0 Å². The first kappa shape index (κ1) is 10.0. The Bertz CT molecular complexity index is 522. The smallest absolute Gasteiger partial charge is 0.410 e. The zero-order valence-electron chi connectivity index (χ0n) is 8.18. The average Bonchev–Trinajstić information content (AvgIpc) is 2.66. The third-order valence-corrected chi connectivity index (χ3v) is 1.99. The molecule has 6 nitrogen and oxygen atoms in total. The van der Waals surface area contributed by atoms with Crippen molar-refractivity contribution in [1.29, 1.82) is 0 Å². The second-order valence-corrected chi connectivity index (χ2v) is 3.05. The highest BCUT2D eigenvalue weighted by Gasteiger charge is 2.13. The van der Waals surface area contributed by atoms with Gasteiger partial charge in [0.15, 0.2) is 5.75 Å². The molecular formula is C10H9N3O3. The van der Waals surface area contributed by atoms with Crippen molar-refractivity contribution in [3.63, 3.8) is 0 Å². The van der Waals surface area contributed by atoms with Crippen LogP contribution in [0.4, 0.5) is 4.79 Å². The number of hydrogen-bond acceptors (Lipinski definition) is 4. The zero-order valence-corrected chi connectivity index (χ0v) is 8.18. The molecule has 4 N–H and O–H groups in total. The summed E-state index contributed by atoms with van der Waals surface area (Å²) in [7, 11) is 0. The van der Waals surface area contributed by atoms with Gasteiger partial charge in [0.2, 0.25) is 0 Å². The monoisotopic (exact) mass is 219 g/mol. The predicted molar refractivity (Wildman–Crippen MR) is 55.9 cm³/mol. The number of phenolic OH excluding ortho intramolecular Hbond substituents is 1. The van der Waals surface area contributed by atoms with Gasteiger partial charge >= 0.3 is 6.09 Å². The van der Waals surface area contributed by atoms with Gasteiger partial charge in [0, 0.05) is 5.56 Å². The van der Waals surface area contributed by atoms with Gasteiger partial charge in [-0.05, 0) is 12.1 Å². The van der Waals surface area contributed by atoms with Gasteiger partial charge < -0.3 is 15.6 Å². The molecule has 0 unspecified atom stereocenters. The van der Waals surface area contributed by atoms with Crippen LogP contribution in [0.25, 0.3) is 11.3 Å². The van der Waals surface area contributed by atoms with Gasteiger partial charge in [-0.3, -0.25) is 5.10 Å². The van der Waals surface area contributed by atoms with Crippen molar-refractivity contribution in [3.8, 4) is 22.8 Å². The summed E-state index contributed by atoms with van der Waals surface area (Å²) >= 11 is 0. The molecule has 1 aromatic carbocycles. The highest BCUT2D eigenvalue weighted by atomic mass is 16.5. The molecule has 2 rings (SSSR count). The number of aromatic amines is 1. The SMILES string of the molecule is NC(=O)Oc1cn[nH]c1-c1ccccc1O. The van der Waals surface area contributed by atoms with Gasteiger partial charge in [-0.2, -0.15) is 5.10 Å². The fraction of sp³-hybridized carbons (Fsp3) is 0. The van der Waals surface area contributed by atoms with E-state index < -0.39 is 6.09 Å². The molecule has 0 spiro atoms. The Kier molecular flexibility index (Phi) is 2.47. The number of ether oxygens (including phenoxy) is 1. The molecule has 16 heavy (non-hydrogen) atoms. The van der Waals surface area contributed by atoms with Gasteiger partial charge in [-0.25, -0.2) is 4.79 Å². The second kappa shape index (κ2) is 3.93. The number of H-pyrrole nitrogens is 1. The Balaban J connectivity index is 2.45.